The highest BCUT2D eigenvalue weighted by atomic mass is 15.5. The van der Waals surface area contributed by atoms with E-state index >= 15 is 0 Å². The average Bonchev–Trinajstić information content (AvgIpc) is 2.87. The first-order valence-electron chi connectivity index (χ1n) is 5.98. The number of nitrogens with zero attached hydrogens (tertiary/aromatic N) is 4. The van der Waals surface area contributed by atoms with Crippen LogP contribution in [-0.2, 0) is 0 Å². The van der Waals surface area contributed by atoms with Crippen LogP contribution in [0.1, 0.15) is 0 Å². The van der Waals surface area contributed by atoms with E-state index in [1.165, 1.54) is 5.82 Å². The minimum Gasteiger partial charge on any atom is -0.355 e. The predicted molar refractivity (Wildman–Crippen MR) is 68.0 cm³/mol. The van der Waals surface area contributed by atoms with E-state index in [9.17, 15) is 0 Å². The molecule has 17 heavy (non-hydrogen) atoms. The molecule has 1 aliphatic rings. The molecule has 0 amide bonds. The van der Waals surface area contributed by atoms with Gasteiger partial charge in [0.15, 0.2) is 0 Å². The molecule has 1 saturated heterocycles. The van der Waals surface area contributed by atoms with Gasteiger partial charge >= 0.3 is 0 Å². The summed E-state index contributed by atoms with van der Waals surface area (Å²) < 4.78 is 2.15. The second-order valence-corrected chi connectivity index (χ2v) is 4.24. The molecule has 1 aliphatic heterocycles. The summed E-state index contributed by atoms with van der Waals surface area (Å²) in [5, 5.41) is 2.24. The number of imidazole rings is 1. The molecule has 2 aromatic rings. The third-order valence-electron chi connectivity index (χ3n) is 3.33. The topological polar surface area (TPSA) is 35.8 Å². The van der Waals surface area contributed by atoms with E-state index in [0.29, 0.717) is 0 Å². The monoisotopic (exact) mass is 231 g/mol. The molecule has 0 saturated carbocycles. The maximum absolute atomic E-state index is 4.32. The number of piperazine rings is 1. The third kappa shape index (κ3) is 1.87. The lowest BCUT2D eigenvalue weighted by Crippen LogP contribution is -2.51. The Morgan fingerprint density at radius 3 is 2.76 bits per heavy atom. The molecule has 5 heteroatoms. The number of aromatic nitrogens is 2. The van der Waals surface area contributed by atoms with E-state index in [2.05, 4.69) is 36.9 Å². The normalized spacial score (nSPS) is 17.8. The van der Waals surface area contributed by atoms with Crippen LogP contribution < -0.4 is 10.3 Å². The molecule has 3 heterocycles. The summed E-state index contributed by atoms with van der Waals surface area (Å²) in [6, 6.07) is 6.26. The smallest absolute Gasteiger partial charge is 0.138 e. The first-order valence-corrected chi connectivity index (χ1v) is 5.98. The second kappa shape index (κ2) is 4.35. The van der Waals surface area contributed by atoms with Crippen molar-refractivity contribution in [3.05, 3.63) is 30.6 Å². The minimum atomic E-state index is 1.01. The molecular weight excluding hydrogens is 214 g/mol. The third-order valence-corrected chi connectivity index (χ3v) is 3.33. The number of hydrazine groups is 1. The molecule has 1 N–H and O–H groups in total. The molecule has 0 aliphatic carbocycles. The summed E-state index contributed by atoms with van der Waals surface area (Å²) in [5.74, 6) is 1.23. The number of nitrogens with one attached hydrogen (secondary N) is 1. The van der Waals surface area contributed by atoms with Crippen LogP contribution in [0.5, 0.6) is 0 Å². The van der Waals surface area contributed by atoms with Gasteiger partial charge in [0.2, 0.25) is 0 Å². The van der Waals surface area contributed by atoms with Crippen molar-refractivity contribution < 1.29 is 0 Å². The summed E-state index contributed by atoms with van der Waals surface area (Å²) in [6.07, 6.45) is 3.87. The van der Waals surface area contributed by atoms with Gasteiger partial charge in [0, 0.05) is 38.6 Å². The molecule has 0 atom stereocenters. The molecular formula is C12H17N5. The Balaban J connectivity index is 1.87. The molecule has 0 unspecified atom stereocenters. The van der Waals surface area contributed by atoms with Gasteiger partial charge in [-0.3, -0.25) is 9.83 Å². The fraction of sp³-hybridized carbons (Fsp3) is 0.417. The van der Waals surface area contributed by atoms with Gasteiger partial charge in [0.1, 0.15) is 11.5 Å². The van der Waals surface area contributed by atoms with Crippen LogP contribution >= 0.6 is 0 Å². The van der Waals surface area contributed by atoms with Crippen molar-refractivity contribution in [2.24, 2.45) is 0 Å². The van der Waals surface area contributed by atoms with E-state index in [-0.39, 0.29) is 0 Å². The second-order valence-electron chi connectivity index (χ2n) is 4.24. The number of anilines is 1. The summed E-state index contributed by atoms with van der Waals surface area (Å²) in [7, 11) is 1.98. The molecule has 0 bridgehead atoms. The lowest BCUT2D eigenvalue weighted by Gasteiger charge is -2.35. The number of pyridine rings is 1. The van der Waals surface area contributed by atoms with E-state index in [1.54, 1.807) is 0 Å². The number of rotatable bonds is 2. The van der Waals surface area contributed by atoms with Gasteiger partial charge in [0.05, 0.1) is 0 Å². The van der Waals surface area contributed by atoms with Gasteiger partial charge in [-0.2, -0.15) is 0 Å². The molecule has 0 radical (unpaired) electrons. The summed E-state index contributed by atoms with van der Waals surface area (Å²) in [5.41, 5.74) is 4.21. The van der Waals surface area contributed by atoms with Crippen molar-refractivity contribution in [2.75, 3.05) is 38.1 Å². The van der Waals surface area contributed by atoms with Crippen molar-refractivity contribution in [3.8, 4) is 0 Å². The molecule has 0 spiro atoms. The number of hydrogen-bond acceptors (Lipinski definition) is 4. The Kier molecular flexibility index (Phi) is 2.70. The fourth-order valence-electron chi connectivity index (χ4n) is 2.35. The number of hydrogen-bond donors (Lipinski definition) is 1. The van der Waals surface area contributed by atoms with Gasteiger partial charge in [-0.05, 0) is 19.2 Å². The molecule has 3 rings (SSSR count). The van der Waals surface area contributed by atoms with Gasteiger partial charge in [-0.15, -0.1) is 0 Å². The van der Waals surface area contributed by atoms with E-state index in [4.69, 9.17) is 0 Å². The Morgan fingerprint density at radius 2 is 2.00 bits per heavy atom. The van der Waals surface area contributed by atoms with Crippen molar-refractivity contribution in [1.82, 2.24) is 19.8 Å². The molecule has 0 aromatic carbocycles. The van der Waals surface area contributed by atoms with Crippen molar-refractivity contribution in [3.63, 3.8) is 0 Å². The standard InChI is InChI=1S/C12H17N5/c1-13-16-9-7-15(8-10-16)12-4-2-3-11-14-5-6-17(11)12/h2-6,13H,7-10H2,1H3. The van der Waals surface area contributed by atoms with Crippen LogP contribution in [0.3, 0.4) is 0 Å². The van der Waals surface area contributed by atoms with Crippen LogP contribution in [-0.4, -0.2) is 47.6 Å². The van der Waals surface area contributed by atoms with Crippen LogP contribution in [0, 0.1) is 0 Å². The summed E-state index contributed by atoms with van der Waals surface area (Å²) >= 11 is 0. The Morgan fingerprint density at radius 1 is 1.18 bits per heavy atom. The highest BCUT2D eigenvalue weighted by molar-refractivity contribution is 5.51. The maximum atomic E-state index is 4.32. The Hall–Kier alpha value is -1.59. The van der Waals surface area contributed by atoms with Crippen molar-refractivity contribution in [2.45, 2.75) is 0 Å². The van der Waals surface area contributed by atoms with Crippen LogP contribution in [0.2, 0.25) is 0 Å². The first-order chi connectivity index (χ1) is 8.38. The van der Waals surface area contributed by atoms with E-state index in [0.717, 1.165) is 31.8 Å². The maximum Gasteiger partial charge on any atom is 0.138 e. The molecule has 5 nitrogen and oxygen atoms in total. The van der Waals surface area contributed by atoms with Crippen LogP contribution in [0.15, 0.2) is 30.6 Å². The van der Waals surface area contributed by atoms with Gasteiger partial charge in [0.25, 0.3) is 0 Å². The average molecular weight is 231 g/mol. The Labute approximate surface area is 101 Å². The van der Waals surface area contributed by atoms with Gasteiger partial charge < -0.3 is 4.90 Å². The Bertz CT molecular complexity index is 498. The highest BCUT2D eigenvalue weighted by Crippen LogP contribution is 2.17. The zero-order valence-electron chi connectivity index (χ0n) is 10.0. The molecule has 90 valence electrons. The lowest BCUT2D eigenvalue weighted by molar-refractivity contribution is 0.195. The van der Waals surface area contributed by atoms with Crippen LogP contribution in [0.4, 0.5) is 5.82 Å². The van der Waals surface area contributed by atoms with E-state index < -0.39 is 0 Å². The quantitative estimate of drug-likeness (QED) is 0.820. The van der Waals surface area contributed by atoms with Crippen molar-refractivity contribution in [1.29, 1.82) is 0 Å². The SMILES string of the molecule is CNN1CCN(c2cccc3nccn23)CC1. The van der Waals surface area contributed by atoms with Gasteiger partial charge in [-0.25, -0.2) is 9.99 Å². The van der Waals surface area contributed by atoms with Gasteiger partial charge in [-0.1, -0.05) is 6.07 Å². The minimum absolute atomic E-state index is 1.01. The van der Waals surface area contributed by atoms with Crippen molar-refractivity contribution >= 4 is 11.5 Å². The highest BCUT2D eigenvalue weighted by Gasteiger charge is 2.17. The largest absolute Gasteiger partial charge is 0.355 e. The lowest BCUT2D eigenvalue weighted by atomic mass is 10.3. The van der Waals surface area contributed by atoms with Crippen LogP contribution in [0.25, 0.3) is 5.65 Å². The fourth-order valence-corrected chi connectivity index (χ4v) is 2.35. The molecule has 1 fully saturated rings. The number of fused-ring (bicyclic) bond motifs is 1. The first kappa shape index (κ1) is 10.6. The predicted octanol–water partition coefficient (Wildman–Crippen LogP) is 0.591. The molecule has 2 aromatic heterocycles. The summed E-state index contributed by atoms with van der Waals surface area (Å²) in [4.78, 5) is 6.72. The van der Waals surface area contributed by atoms with E-state index in [1.807, 2.05) is 25.5 Å². The summed E-state index contributed by atoms with van der Waals surface area (Å²) in [6.45, 7) is 4.17. The zero-order valence-corrected chi connectivity index (χ0v) is 10.0. The zero-order chi connectivity index (χ0) is 11.7.